The van der Waals surface area contributed by atoms with Crippen LogP contribution in [0.4, 0.5) is 15.8 Å². The number of amides is 1. The molecule has 4 N–H and O–H groups in total. The van der Waals surface area contributed by atoms with Crippen molar-refractivity contribution in [1.29, 1.82) is 0 Å². The van der Waals surface area contributed by atoms with E-state index in [0.29, 0.717) is 23.7 Å². The summed E-state index contributed by atoms with van der Waals surface area (Å²) in [5, 5.41) is 11.2. The smallest absolute Gasteiger partial charge is 0.255 e. The zero-order valence-electron chi connectivity index (χ0n) is 17.5. The van der Waals surface area contributed by atoms with Crippen LogP contribution in [0.5, 0.6) is 11.5 Å². The van der Waals surface area contributed by atoms with Gasteiger partial charge in [-0.15, -0.1) is 0 Å². The Labute approximate surface area is 186 Å². The zero-order chi connectivity index (χ0) is 23.1. The van der Waals surface area contributed by atoms with Gasteiger partial charge in [0.25, 0.3) is 5.91 Å². The predicted molar refractivity (Wildman–Crippen MR) is 122 cm³/mol. The van der Waals surface area contributed by atoms with Crippen LogP contribution in [-0.2, 0) is 10.0 Å². The number of carbonyl (C=O) groups is 1. The Balaban J connectivity index is 2.05. The molecule has 32 heavy (non-hydrogen) atoms. The first-order chi connectivity index (χ1) is 15.3. The van der Waals surface area contributed by atoms with E-state index in [-0.39, 0.29) is 16.2 Å². The second-order valence-corrected chi connectivity index (χ2v) is 8.58. The number of halogens is 1. The molecule has 3 rings (SSSR count). The quantitative estimate of drug-likeness (QED) is 0.402. The van der Waals surface area contributed by atoms with E-state index < -0.39 is 21.7 Å². The van der Waals surface area contributed by atoms with E-state index >= 15 is 0 Å². The lowest BCUT2D eigenvalue weighted by atomic mass is 10.1. The maximum atomic E-state index is 13.1. The molecule has 0 heterocycles. The highest BCUT2D eigenvalue weighted by atomic mass is 32.2. The molecule has 0 atom stereocenters. The third kappa shape index (κ3) is 6.05. The number of unbranched alkanes of at least 4 members (excludes halogenated alkanes) is 1. The summed E-state index contributed by atoms with van der Waals surface area (Å²) >= 11 is 0. The van der Waals surface area contributed by atoms with Crippen molar-refractivity contribution in [3.05, 3.63) is 78.1 Å². The number of sulfonamides is 1. The van der Waals surface area contributed by atoms with E-state index in [9.17, 15) is 17.6 Å². The molecule has 0 unspecified atom stereocenters. The van der Waals surface area contributed by atoms with E-state index in [1.165, 1.54) is 30.3 Å². The van der Waals surface area contributed by atoms with Gasteiger partial charge in [0.15, 0.2) is 5.75 Å². The molecule has 7 nitrogen and oxygen atoms in total. The molecule has 168 valence electrons. The summed E-state index contributed by atoms with van der Waals surface area (Å²) < 4.78 is 43.8. The normalized spacial score (nSPS) is 11.1. The van der Waals surface area contributed by atoms with Gasteiger partial charge in [-0.25, -0.2) is 17.9 Å². The Hall–Kier alpha value is -3.43. The molecule has 0 spiro atoms. The van der Waals surface area contributed by atoms with Gasteiger partial charge in [-0.3, -0.25) is 4.79 Å². The lowest BCUT2D eigenvalue weighted by Crippen LogP contribution is -2.18. The number of nitrogens with one attached hydrogen (secondary N) is 2. The first-order valence-corrected chi connectivity index (χ1v) is 11.6. The Kier molecular flexibility index (Phi) is 7.45. The lowest BCUT2D eigenvalue weighted by molar-refractivity contribution is 0.102. The monoisotopic (exact) mass is 457 g/mol. The van der Waals surface area contributed by atoms with Crippen LogP contribution in [0.15, 0.2) is 71.6 Å². The molecule has 3 aromatic carbocycles. The topological polar surface area (TPSA) is 111 Å². The number of hydrogen-bond acceptors (Lipinski definition) is 5. The van der Waals surface area contributed by atoms with Crippen molar-refractivity contribution in [3.63, 3.8) is 0 Å². The molecule has 0 radical (unpaired) electrons. The SMILES string of the molecule is CCCCNc1cc(C(=O)Nc2ccc(F)cc2)cc(S(N)(=O)=O)c1Oc1ccccc1. The fourth-order valence-corrected chi connectivity index (χ4v) is 3.63. The standard InChI is InChI=1S/C23H24FN3O4S/c1-2-3-13-26-20-14-16(23(28)27-18-11-9-17(24)10-12-18)15-21(32(25,29)30)22(20)31-19-7-5-4-6-8-19/h4-12,14-15,26H,2-3,13H2,1H3,(H,27,28)(H2,25,29,30). The summed E-state index contributed by atoms with van der Waals surface area (Å²) in [5.74, 6) is -0.594. The van der Waals surface area contributed by atoms with Crippen LogP contribution in [0.1, 0.15) is 30.1 Å². The number of ether oxygens (including phenoxy) is 1. The number of hydrogen-bond donors (Lipinski definition) is 3. The fourth-order valence-electron chi connectivity index (χ4n) is 2.92. The van der Waals surface area contributed by atoms with Crippen LogP contribution in [-0.4, -0.2) is 20.9 Å². The summed E-state index contributed by atoms with van der Waals surface area (Å²) in [5.41, 5.74) is 0.731. The van der Waals surface area contributed by atoms with E-state index in [0.717, 1.165) is 18.9 Å². The fraction of sp³-hybridized carbons (Fsp3) is 0.174. The highest BCUT2D eigenvalue weighted by molar-refractivity contribution is 7.89. The van der Waals surface area contributed by atoms with Gasteiger partial charge in [0, 0.05) is 17.8 Å². The lowest BCUT2D eigenvalue weighted by Gasteiger charge is -2.18. The predicted octanol–water partition coefficient (Wildman–Crippen LogP) is 4.73. The summed E-state index contributed by atoms with van der Waals surface area (Å²) in [6.45, 7) is 2.56. The Bertz CT molecular complexity index is 1180. The third-order valence-corrected chi connectivity index (χ3v) is 5.45. The van der Waals surface area contributed by atoms with Crippen LogP contribution in [0, 0.1) is 5.82 Å². The minimum absolute atomic E-state index is 0.00753. The first kappa shape index (κ1) is 23.2. The van der Waals surface area contributed by atoms with Crippen LogP contribution >= 0.6 is 0 Å². The summed E-state index contributed by atoms with van der Waals surface area (Å²) in [7, 11) is -4.24. The minimum atomic E-state index is -4.24. The van der Waals surface area contributed by atoms with Gasteiger partial charge >= 0.3 is 0 Å². The first-order valence-electron chi connectivity index (χ1n) is 10.0. The molecular weight excluding hydrogens is 433 g/mol. The van der Waals surface area contributed by atoms with E-state index in [1.807, 2.05) is 6.92 Å². The minimum Gasteiger partial charge on any atom is -0.454 e. The van der Waals surface area contributed by atoms with Crippen molar-refractivity contribution in [2.45, 2.75) is 24.7 Å². The molecule has 0 bridgehead atoms. The number of carbonyl (C=O) groups excluding carboxylic acids is 1. The number of anilines is 2. The average molecular weight is 458 g/mol. The average Bonchev–Trinajstić information content (AvgIpc) is 2.76. The number of primary sulfonamides is 1. The van der Waals surface area contributed by atoms with Crippen LogP contribution in [0.3, 0.4) is 0 Å². The van der Waals surface area contributed by atoms with Crippen molar-refractivity contribution in [1.82, 2.24) is 0 Å². The van der Waals surface area contributed by atoms with Crippen molar-refractivity contribution in [3.8, 4) is 11.5 Å². The molecular formula is C23H24FN3O4S. The molecule has 0 saturated carbocycles. The number of benzene rings is 3. The highest BCUT2D eigenvalue weighted by Crippen LogP contribution is 2.37. The largest absolute Gasteiger partial charge is 0.454 e. The maximum Gasteiger partial charge on any atom is 0.255 e. The van der Waals surface area contributed by atoms with Crippen molar-refractivity contribution in [2.75, 3.05) is 17.2 Å². The zero-order valence-corrected chi connectivity index (χ0v) is 18.3. The Morgan fingerprint density at radius 2 is 1.75 bits per heavy atom. The van der Waals surface area contributed by atoms with Crippen molar-refractivity contribution >= 4 is 27.3 Å². The molecule has 0 aliphatic heterocycles. The molecule has 0 aromatic heterocycles. The van der Waals surface area contributed by atoms with Gasteiger partial charge in [-0.2, -0.15) is 0 Å². The summed E-state index contributed by atoms with van der Waals surface area (Å²) in [6.07, 6.45) is 1.73. The third-order valence-electron chi connectivity index (χ3n) is 4.53. The number of rotatable bonds is 9. The molecule has 1 amide bonds. The molecule has 0 aliphatic carbocycles. The van der Waals surface area contributed by atoms with Crippen LogP contribution in [0.2, 0.25) is 0 Å². The second kappa shape index (κ2) is 10.3. The number of nitrogens with two attached hydrogens (primary N) is 1. The van der Waals surface area contributed by atoms with E-state index in [2.05, 4.69) is 10.6 Å². The maximum absolute atomic E-state index is 13.1. The molecule has 0 fully saturated rings. The number of para-hydroxylation sites is 1. The Morgan fingerprint density at radius 3 is 2.38 bits per heavy atom. The van der Waals surface area contributed by atoms with E-state index in [4.69, 9.17) is 9.88 Å². The molecule has 9 heteroatoms. The van der Waals surface area contributed by atoms with Crippen molar-refractivity contribution < 1.29 is 22.3 Å². The van der Waals surface area contributed by atoms with Crippen LogP contribution < -0.4 is 20.5 Å². The van der Waals surface area contributed by atoms with Gasteiger partial charge in [0.1, 0.15) is 16.5 Å². The van der Waals surface area contributed by atoms with Gasteiger partial charge in [-0.1, -0.05) is 31.5 Å². The van der Waals surface area contributed by atoms with Crippen molar-refractivity contribution in [2.24, 2.45) is 5.14 Å². The highest BCUT2D eigenvalue weighted by Gasteiger charge is 2.23. The second-order valence-electron chi connectivity index (χ2n) is 7.05. The van der Waals surface area contributed by atoms with Gasteiger partial charge in [-0.05, 0) is 55.0 Å². The van der Waals surface area contributed by atoms with E-state index in [1.54, 1.807) is 30.3 Å². The van der Waals surface area contributed by atoms with Gasteiger partial charge in [0.05, 0.1) is 5.69 Å². The summed E-state index contributed by atoms with van der Waals surface area (Å²) in [4.78, 5) is 12.5. The van der Waals surface area contributed by atoms with Gasteiger partial charge in [0.2, 0.25) is 10.0 Å². The van der Waals surface area contributed by atoms with Crippen LogP contribution in [0.25, 0.3) is 0 Å². The summed E-state index contributed by atoms with van der Waals surface area (Å²) in [6, 6.07) is 16.6. The molecule has 3 aromatic rings. The Morgan fingerprint density at radius 1 is 1.06 bits per heavy atom. The molecule has 0 saturated heterocycles. The van der Waals surface area contributed by atoms with Gasteiger partial charge < -0.3 is 15.4 Å². The molecule has 0 aliphatic rings.